The van der Waals surface area contributed by atoms with Crippen LogP contribution < -0.4 is 4.90 Å². The quantitative estimate of drug-likeness (QED) is 0.221. The van der Waals surface area contributed by atoms with Gasteiger partial charge in [0, 0.05) is 39.5 Å². The van der Waals surface area contributed by atoms with Crippen molar-refractivity contribution in [1.82, 2.24) is 15.0 Å². The van der Waals surface area contributed by atoms with Crippen LogP contribution in [-0.4, -0.2) is 26.1 Å². The molecule has 1 N–H and O–H groups in total. The van der Waals surface area contributed by atoms with Gasteiger partial charge in [0.15, 0.2) is 17.5 Å². The second kappa shape index (κ2) is 11.1. The summed E-state index contributed by atoms with van der Waals surface area (Å²) in [6.07, 6.45) is 8.53. The standard InChI is InChI=1S/C41H40N4O/c1-40(2,3)29-20-14-26(15-21-29)37-42-38(27-16-22-30(23-17-27)41(4,5)6)44-39(43-37)28-18-24-31(25-19-28)45-33-11-8-7-10-32(33)36-34(45)12-9-13-35(36)46/h7-25,32-33,46H,1-6H3. The van der Waals surface area contributed by atoms with Gasteiger partial charge in [0.1, 0.15) is 5.75 Å². The number of fused-ring (bicyclic) bond motifs is 3. The number of phenolic OH excluding ortho intramolecular Hbond substituents is 1. The molecular weight excluding hydrogens is 564 g/mol. The molecule has 0 amide bonds. The fourth-order valence-corrected chi connectivity index (χ4v) is 6.45. The Morgan fingerprint density at radius 1 is 0.565 bits per heavy atom. The van der Waals surface area contributed by atoms with Crippen molar-refractivity contribution in [2.75, 3.05) is 4.90 Å². The summed E-state index contributed by atoms with van der Waals surface area (Å²) in [6, 6.07) is 31.4. The number of aromatic hydroxyl groups is 1. The number of rotatable bonds is 4. The molecule has 0 bridgehead atoms. The van der Waals surface area contributed by atoms with E-state index in [9.17, 15) is 5.11 Å². The lowest BCUT2D eigenvalue weighted by Crippen LogP contribution is -2.28. The zero-order valence-corrected chi connectivity index (χ0v) is 27.4. The Morgan fingerprint density at radius 2 is 1.02 bits per heavy atom. The van der Waals surface area contributed by atoms with E-state index in [1.807, 2.05) is 6.07 Å². The van der Waals surface area contributed by atoms with Crippen molar-refractivity contribution in [3.05, 3.63) is 132 Å². The molecule has 2 unspecified atom stereocenters. The third-order valence-electron chi connectivity index (χ3n) is 9.11. The fraction of sp³-hybridized carbons (Fsp3) is 0.244. The highest BCUT2D eigenvalue weighted by Crippen LogP contribution is 2.51. The van der Waals surface area contributed by atoms with Gasteiger partial charge in [-0.2, -0.15) is 0 Å². The number of hydrogen-bond acceptors (Lipinski definition) is 5. The van der Waals surface area contributed by atoms with Crippen molar-refractivity contribution >= 4 is 11.4 Å². The third-order valence-corrected chi connectivity index (χ3v) is 9.11. The van der Waals surface area contributed by atoms with E-state index in [4.69, 9.17) is 15.0 Å². The van der Waals surface area contributed by atoms with Crippen LogP contribution in [0.4, 0.5) is 11.4 Å². The van der Waals surface area contributed by atoms with E-state index in [0.29, 0.717) is 23.2 Å². The van der Waals surface area contributed by atoms with Crippen LogP contribution in [0.2, 0.25) is 0 Å². The van der Waals surface area contributed by atoms with Crippen LogP contribution in [0.25, 0.3) is 34.2 Å². The van der Waals surface area contributed by atoms with Gasteiger partial charge in [0.05, 0.1) is 6.04 Å². The molecule has 7 rings (SSSR count). The molecule has 46 heavy (non-hydrogen) atoms. The van der Waals surface area contributed by atoms with Gasteiger partial charge in [-0.05, 0) is 58.4 Å². The van der Waals surface area contributed by atoms with Gasteiger partial charge in [0.2, 0.25) is 0 Å². The first-order valence-electron chi connectivity index (χ1n) is 16.0. The molecule has 0 saturated heterocycles. The Hall–Kier alpha value is -5.03. The fourth-order valence-electron chi connectivity index (χ4n) is 6.45. The third kappa shape index (κ3) is 5.40. The first-order valence-corrected chi connectivity index (χ1v) is 16.0. The van der Waals surface area contributed by atoms with Crippen LogP contribution >= 0.6 is 0 Å². The van der Waals surface area contributed by atoms with Gasteiger partial charge in [-0.15, -0.1) is 0 Å². The van der Waals surface area contributed by atoms with E-state index in [0.717, 1.165) is 33.6 Å². The molecule has 1 aliphatic carbocycles. The summed E-state index contributed by atoms with van der Waals surface area (Å²) in [7, 11) is 0. The Labute approximate surface area is 272 Å². The molecule has 0 spiro atoms. The molecule has 0 fully saturated rings. The highest BCUT2D eigenvalue weighted by atomic mass is 16.3. The molecule has 5 heteroatoms. The molecule has 1 aliphatic heterocycles. The SMILES string of the molecule is CC(C)(C)c1ccc(-c2nc(-c3ccc(N4c5cccc(O)c5C5C=CC=CC54)cc3)nc(-c3ccc(C(C)(C)C)cc3)n2)cc1. The second-order valence-electron chi connectivity index (χ2n) is 14.4. The smallest absolute Gasteiger partial charge is 0.164 e. The molecular formula is C41H40N4O. The zero-order chi connectivity index (χ0) is 32.2. The number of phenols is 1. The van der Waals surface area contributed by atoms with E-state index in [-0.39, 0.29) is 22.8 Å². The highest BCUT2D eigenvalue weighted by Gasteiger charge is 2.39. The topological polar surface area (TPSA) is 62.1 Å². The molecule has 2 aliphatic rings. The maximum atomic E-state index is 10.8. The van der Waals surface area contributed by atoms with Crippen molar-refractivity contribution < 1.29 is 5.11 Å². The monoisotopic (exact) mass is 604 g/mol. The van der Waals surface area contributed by atoms with Crippen LogP contribution in [0, 0.1) is 0 Å². The van der Waals surface area contributed by atoms with Crippen molar-refractivity contribution in [2.24, 2.45) is 0 Å². The normalized spacial score (nSPS) is 17.2. The lowest BCUT2D eigenvalue weighted by atomic mass is 9.86. The van der Waals surface area contributed by atoms with Crippen LogP contribution in [0.5, 0.6) is 5.75 Å². The van der Waals surface area contributed by atoms with E-state index in [2.05, 4.69) is 150 Å². The molecule has 4 aromatic carbocycles. The summed E-state index contributed by atoms with van der Waals surface area (Å²) in [6.45, 7) is 13.3. The molecule has 1 aromatic heterocycles. The first kappa shape index (κ1) is 29.7. The van der Waals surface area contributed by atoms with Gasteiger partial charge >= 0.3 is 0 Å². The Balaban J connectivity index is 1.29. The number of aromatic nitrogens is 3. The molecule has 230 valence electrons. The average molecular weight is 605 g/mol. The summed E-state index contributed by atoms with van der Waals surface area (Å²) in [4.78, 5) is 17.3. The predicted octanol–water partition coefficient (Wildman–Crippen LogP) is 9.90. The summed E-state index contributed by atoms with van der Waals surface area (Å²) in [5.74, 6) is 2.36. The average Bonchev–Trinajstić information content (AvgIpc) is 3.39. The van der Waals surface area contributed by atoms with Crippen LogP contribution in [0.15, 0.2) is 115 Å². The molecule has 0 saturated carbocycles. The number of nitrogens with zero attached hydrogens (tertiary/aromatic N) is 4. The molecule has 2 atom stereocenters. The summed E-state index contributed by atoms with van der Waals surface area (Å²) >= 11 is 0. The Kier molecular flexibility index (Phi) is 7.16. The van der Waals surface area contributed by atoms with Gasteiger partial charge in [-0.25, -0.2) is 15.0 Å². The van der Waals surface area contributed by atoms with Crippen LogP contribution in [-0.2, 0) is 10.8 Å². The number of benzene rings is 4. The summed E-state index contributed by atoms with van der Waals surface area (Å²) in [5, 5.41) is 10.8. The van der Waals surface area contributed by atoms with E-state index in [1.165, 1.54) is 11.1 Å². The van der Waals surface area contributed by atoms with Gasteiger partial charge in [-0.3, -0.25) is 0 Å². The van der Waals surface area contributed by atoms with Crippen molar-refractivity contribution in [1.29, 1.82) is 0 Å². The highest BCUT2D eigenvalue weighted by molar-refractivity contribution is 5.78. The zero-order valence-electron chi connectivity index (χ0n) is 27.4. The van der Waals surface area contributed by atoms with Crippen molar-refractivity contribution in [3.63, 3.8) is 0 Å². The molecule has 0 radical (unpaired) electrons. The second-order valence-corrected chi connectivity index (χ2v) is 14.4. The minimum absolute atomic E-state index is 0.0584. The summed E-state index contributed by atoms with van der Waals surface area (Å²) < 4.78 is 0. The molecule has 2 heterocycles. The number of hydrogen-bond donors (Lipinski definition) is 1. The summed E-state index contributed by atoms with van der Waals surface area (Å²) in [5.41, 5.74) is 8.52. The number of anilines is 2. The lowest BCUT2D eigenvalue weighted by Gasteiger charge is -2.28. The largest absolute Gasteiger partial charge is 0.508 e. The first-order chi connectivity index (χ1) is 22.0. The Morgan fingerprint density at radius 3 is 1.50 bits per heavy atom. The van der Waals surface area contributed by atoms with E-state index < -0.39 is 0 Å². The van der Waals surface area contributed by atoms with Crippen molar-refractivity contribution in [2.45, 2.75) is 64.3 Å². The van der Waals surface area contributed by atoms with Crippen molar-refractivity contribution in [3.8, 4) is 39.9 Å². The van der Waals surface area contributed by atoms with E-state index in [1.54, 1.807) is 6.07 Å². The molecule has 5 nitrogen and oxygen atoms in total. The van der Waals surface area contributed by atoms with Gasteiger partial charge in [-0.1, -0.05) is 120 Å². The van der Waals surface area contributed by atoms with Crippen LogP contribution in [0.1, 0.15) is 64.2 Å². The minimum Gasteiger partial charge on any atom is -0.508 e. The predicted molar refractivity (Wildman–Crippen MR) is 189 cm³/mol. The number of allylic oxidation sites excluding steroid dienone is 2. The van der Waals surface area contributed by atoms with Gasteiger partial charge in [0.25, 0.3) is 0 Å². The lowest BCUT2D eigenvalue weighted by molar-refractivity contribution is 0.467. The van der Waals surface area contributed by atoms with Gasteiger partial charge < -0.3 is 10.0 Å². The maximum absolute atomic E-state index is 10.8. The van der Waals surface area contributed by atoms with Crippen LogP contribution in [0.3, 0.4) is 0 Å². The minimum atomic E-state index is 0.0584. The Bertz CT molecular complexity index is 1880. The maximum Gasteiger partial charge on any atom is 0.164 e. The van der Waals surface area contributed by atoms with E-state index >= 15 is 0 Å². The molecule has 5 aromatic rings.